The lowest BCUT2D eigenvalue weighted by Gasteiger charge is -2.26. The van der Waals surface area contributed by atoms with Crippen molar-refractivity contribution < 1.29 is 24.2 Å². The standard InChI is InChI=1S/C30H31ClN2O5/c1-4-37-25-19-21(14-15-24(25)31)28(34)26-27(33(30(36)29(26)35)17-9-16-32(2)3)20-10-8-13-23(18-20)38-22-11-6-5-7-12-22/h5-8,10-15,18-19,27,34H,4,9,16-17H2,1-3H3/b28-26-. The molecule has 198 valence electrons. The zero-order valence-electron chi connectivity index (χ0n) is 21.7. The van der Waals surface area contributed by atoms with Crippen LogP contribution in [0.3, 0.4) is 0 Å². The molecule has 4 rings (SSSR count). The molecular formula is C30H31ClN2O5. The number of ketones is 1. The third-order valence-electron chi connectivity index (χ3n) is 6.20. The quantitative estimate of drug-likeness (QED) is 0.198. The number of benzene rings is 3. The first-order valence-electron chi connectivity index (χ1n) is 12.5. The Kier molecular flexibility index (Phi) is 8.71. The number of aliphatic hydroxyl groups excluding tert-OH is 1. The summed E-state index contributed by atoms with van der Waals surface area (Å²) in [4.78, 5) is 30.2. The second-order valence-electron chi connectivity index (χ2n) is 9.22. The minimum absolute atomic E-state index is 0.0153. The Morgan fingerprint density at radius 1 is 1.00 bits per heavy atom. The van der Waals surface area contributed by atoms with Crippen molar-refractivity contribution >= 4 is 29.1 Å². The lowest BCUT2D eigenvalue weighted by atomic mass is 9.95. The van der Waals surface area contributed by atoms with Gasteiger partial charge in [0.1, 0.15) is 23.0 Å². The maximum absolute atomic E-state index is 13.4. The normalized spacial score (nSPS) is 16.8. The summed E-state index contributed by atoms with van der Waals surface area (Å²) in [5, 5.41) is 11.8. The summed E-state index contributed by atoms with van der Waals surface area (Å²) in [6, 6.07) is 20.6. The van der Waals surface area contributed by atoms with E-state index in [1.165, 1.54) is 4.90 Å². The molecule has 1 atom stereocenters. The number of hydrogen-bond acceptors (Lipinski definition) is 6. The van der Waals surface area contributed by atoms with Crippen molar-refractivity contribution in [3.63, 3.8) is 0 Å². The summed E-state index contributed by atoms with van der Waals surface area (Å²) in [6.45, 7) is 3.29. The predicted molar refractivity (Wildman–Crippen MR) is 148 cm³/mol. The highest BCUT2D eigenvalue weighted by atomic mass is 35.5. The molecule has 7 nitrogen and oxygen atoms in total. The summed E-state index contributed by atoms with van der Waals surface area (Å²) in [6.07, 6.45) is 0.659. The average molecular weight is 535 g/mol. The van der Waals surface area contributed by atoms with Crippen LogP contribution in [0.4, 0.5) is 0 Å². The van der Waals surface area contributed by atoms with Gasteiger partial charge in [-0.25, -0.2) is 0 Å². The van der Waals surface area contributed by atoms with Crippen LogP contribution in [0.1, 0.15) is 30.5 Å². The van der Waals surface area contributed by atoms with Crippen molar-refractivity contribution in [1.82, 2.24) is 9.80 Å². The van der Waals surface area contributed by atoms with Crippen LogP contribution in [0.15, 0.2) is 78.4 Å². The van der Waals surface area contributed by atoms with Crippen LogP contribution in [0, 0.1) is 0 Å². The fourth-order valence-corrected chi connectivity index (χ4v) is 4.63. The lowest BCUT2D eigenvalue weighted by molar-refractivity contribution is -0.139. The Hall–Kier alpha value is -3.81. The molecule has 1 heterocycles. The van der Waals surface area contributed by atoms with Gasteiger partial charge < -0.3 is 24.4 Å². The van der Waals surface area contributed by atoms with Crippen LogP contribution in [0.5, 0.6) is 17.2 Å². The molecule has 0 aromatic heterocycles. The first kappa shape index (κ1) is 27.2. The molecule has 3 aromatic rings. The van der Waals surface area contributed by atoms with Gasteiger partial charge in [-0.3, -0.25) is 9.59 Å². The molecule has 1 fully saturated rings. The fraction of sp³-hybridized carbons (Fsp3) is 0.267. The number of ether oxygens (including phenoxy) is 2. The van der Waals surface area contributed by atoms with Crippen molar-refractivity contribution in [2.75, 3.05) is 33.8 Å². The topological polar surface area (TPSA) is 79.3 Å². The summed E-state index contributed by atoms with van der Waals surface area (Å²) >= 11 is 6.24. The number of aliphatic hydroxyl groups is 1. The number of Topliss-reactive ketones (excluding diaryl/α,β-unsaturated/α-hetero) is 1. The minimum Gasteiger partial charge on any atom is -0.507 e. The van der Waals surface area contributed by atoms with Gasteiger partial charge in [0.15, 0.2) is 0 Å². The summed E-state index contributed by atoms with van der Waals surface area (Å²) in [7, 11) is 3.90. The van der Waals surface area contributed by atoms with Gasteiger partial charge in [-0.05, 0) is 82.0 Å². The maximum Gasteiger partial charge on any atom is 0.295 e. The van der Waals surface area contributed by atoms with Gasteiger partial charge in [0, 0.05) is 12.1 Å². The van der Waals surface area contributed by atoms with Crippen LogP contribution in [0.25, 0.3) is 5.76 Å². The number of para-hydroxylation sites is 1. The molecule has 0 radical (unpaired) electrons. The van der Waals surface area contributed by atoms with Gasteiger partial charge in [0.05, 0.1) is 23.2 Å². The average Bonchev–Trinajstić information content (AvgIpc) is 3.15. The van der Waals surface area contributed by atoms with Gasteiger partial charge in [0.25, 0.3) is 11.7 Å². The van der Waals surface area contributed by atoms with Crippen LogP contribution >= 0.6 is 11.6 Å². The molecular weight excluding hydrogens is 504 g/mol. The van der Waals surface area contributed by atoms with Gasteiger partial charge in [-0.2, -0.15) is 0 Å². The van der Waals surface area contributed by atoms with E-state index < -0.39 is 17.7 Å². The summed E-state index contributed by atoms with van der Waals surface area (Å²) in [5.41, 5.74) is 1.01. The van der Waals surface area contributed by atoms with E-state index >= 15 is 0 Å². The van der Waals surface area contributed by atoms with Crippen molar-refractivity contribution in [2.45, 2.75) is 19.4 Å². The molecule has 1 saturated heterocycles. The van der Waals surface area contributed by atoms with E-state index in [0.29, 0.717) is 53.0 Å². The third-order valence-corrected chi connectivity index (χ3v) is 6.51. The molecule has 0 aliphatic carbocycles. The fourth-order valence-electron chi connectivity index (χ4n) is 4.46. The van der Waals surface area contributed by atoms with E-state index in [2.05, 4.69) is 0 Å². The first-order chi connectivity index (χ1) is 18.3. The minimum atomic E-state index is -0.789. The number of likely N-dealkylation sites (tertiary alicyclic amines) is 1. The highest BCUT2D eigenvalue weighted by Gasteiger charge is 2.46. The van der Waals surface area contributed by atoms with Gasteiger partial charge in [-0.15, -0.1) is 0 Å². The van der Waals surface area contributed by atoms with E-state index in [1.807, 2.05) is 74.4 Å². The van der Waals surface area contributed by atoms with Crippen molar-refractivity contribution in [3.05, 3.63) is 94.5 Å². The molecule has 0 bridgehead atoms. The summed E-state index contributed by atoms with van der Waals surface area (Å²) in [5.74, 6) is -0.0704. The Labute approximate surface area is 227 Å². The molecule has 38 heavy (non-hydrogen) atoms. The Morgan fingerprint density at radius 2 is 1.74 bits per heavy atom. The van der Waals surface area contributed by atoms with Crippen LogP contribution in [0.2, 0.25) is 5.02 Å². The van der Waals surface area contributed by atoms with Crippen LogP contribution < -0.4 is 9.47 Å². The number of nitrogens with zero attached hydrogens (tertiary/aromatic N) is 2. The van der Waals surface area contributed by atoms with E-state index in [1.54, 1.807) is 24.3 Å². The molecule has 1 aliphatic rings. The molecule has 0 saturated carbocycles. The van der Waals surface area contributed by atoms with Crippen molar-refractivity contribution in [1.29, 1.82) is 0 Å². The zero-order valence-corrected chi connectivity index (χ0v) is 22.4. The van der Waals surface area contributed by atoms with E-state index in [9.17, 15) is 14.7 Å². The highest BCUT2D eigenvalue weighted by Crippen LogP contribution is 2.41. The molecule has 0 spiro atoms. The highest BCUT2D eigenvalue weighted by molar-refractivity contribution is 6.46. The molecule has 3 aromatic carbocycles. The number of rotatable bonds is 10. The lowest BCUT2D eigenvalue weighted by Crippen LogP contribution is -2.32. The van der Waals surface area contributed by atoms with E-state index in [4.69, 9.17) is 21.1 Å². The second-order valence-corrected chi connectivity index (χ2v) is 9.62. The largest absolute Gasteiger partial charge is 0.507 e. The molecule has 8 heteroatoms. The molecule has 1 amide bonds. The number of carbonyl (C=O) groups excluding carboxylic acids is 2. The SMILES string of the molecule is CCOc1cc(/C(O)=C2/C(=O)C(=O)N(CCCN(C)C)C2c2cccc(Oc3ccccc3)c2)ccc1Cl. The van der Waals surface area contributed by atoms with Gasteiger partial charge >= 0.3 is 0 Å². The monoisotopic (exact) mass is 534 g/mol. The molecule has 1 unspecified atom stereocenters. The number of carbonyl (C=O) groups is 2. The Bertz CT molecular complexity index is 1340. The van der Waals surface area contributed by atoms with Gasteiger partial charge in [-0.1, -0.05) is 41.9 Å². The predicted octanol–water partition coefficient (Wildman–Crippen LogP) is 5.90. The van der Waals surface area contributed by atoms with E-state index in [-0.39, 0.29) is 11.3 Å². The molecule has 1 aliphatic heterocycles. The number of halogens is 1. The zero-order chi connectivity index (χ0) is 27.2. The third kappa shape index (κ3) is 6.01. The molecule has 1 N–H and O–H groups in total. The first-order valence-corrected chi connectivity index (χ1v) is 12.9. The second kappa shape index (κ2) is 12.2. The smallest absolute Gasteiger partial charge is 0.295 e. The van der Waals surface area contributed by atoms with Crippen molar-refractivity contribution in [2.24, 2.45) is 0 Å². The number of hydrogen-bond donors (Lipinski definition) is 1. The van der Waals surface area contributed by atoms with Gasteiger partial charge in [0.2, 0.25) is 0 Å². The van der Waals surface area contributed by atoms with Crippen molar-refractivity contribution in [3.8, 4) is 17.2 Å². The Balaban J connectivity index is 1.79. The number of amides is 1. The summed E-state index contributed by atoms with van der Waals surface area (Å²) < 4.78 is 11.6. The Morgan fingerprint density at radius 3 is 2.45 bits per heavy atom. The van der Waals surface area contributed by atoms with Crippen LogP contribution in [-0.4, -0.2) is 60.4 Å². The van der Waals surface area contributed by atoms with Crippen LogP contribution in [-0.2, 0) is 9.59 Å². The van der Waals surface area contributed by atoms with E-state index in [0.717, 1.165) is 6.54 Å². The maximum atomic E-state index is 13.4.